The van der Waals surface area contributed by atoms with Gasteiger partial charge in [-0.3, -0.25) is 4.79 Å². The maximum atomic E-state index is 11.7. The summed E-state index contributed by atoms with van der Waals surface area (Å²) in [7, 11) is 0. The van der Waals surface area contributed by atoms with Crippen LogP contribution < -0.4 is 5.56 Å². The summed E-state index contributed by atoms with van der Waals surface area (Å²) in [5, 5.41) is 9.23. The average molecular weight is 363 g/mol. The number of thioether (sulfide) groups is 1. The Morgan fingerprint density at radius 3 is 2.71 bits per heavy atom. The van der Waals surface area contributed by atoms with Gasteiger partial charge in [0.1, 0.15) is 0 Å². The minimum Gasteiger partial charge on any atom is -0.420 e. The first kappa shape index (κ1) is 16.7. The van der Waals surface area contributed by atoms with Gasteiger partial charge in [-0.05, 0) is 30.2 Å². The van der Waals surface area contributed by atoms with Gasteiger partial charge in [-0.15, -0.1) is 10.2 Å². The van der Waals surface area contributed by atoms with E-state index in [1.54, 1.807) is 12.1 Å². The minimum absolute atomic E-state index is 0.163. The van der Waals surface area contributed by atoms with Crippen LogP contribution in [0, 0.1) is 0 Å². The SMILES string of the molecule is CC(C)c1cc(=O)[nH]c(SCc2nnc(-c3ccc(Cl)cc3)o2)n1. The molecule has 0 unspecified atom stereocenters. The van der Waals surface area contributed by atoms with E-state index in [0.29, 0.717) is 27.7 Å². The van der Waals surface area contributed by atoms with Crippen LogP contribution in [0.25, 0.3) is 11.5 Å². The molecule has 24 heavy (non-hydrogen) atoms. The Balaban J connectivity index is 1.72. The predicted octanol–water partition coefficient (Wildman–Crippen LogP) is 3.89. The number of aromatic amines is 1. The largest absolute Gasteiger partial charge is 0.420 e. The van der Waals surface area contributed by atoms with E-state index in [2.05, 4.69) is 20.2 Å². The van der Waals surface area contributed by atoms with Crippen LogP contribution in [0.15, 0.2) is 44.7 Å². The lowest BCUT2D eigenvalue weighted by atomic mass is 10.1. The molecule has 0 spiro atoms. The van der Waals surface area contributed by atoms with Crippen molar-refractivity contribution < 1.29 is 4.42 Å². The Bertz CT molecular complexity index is 890. The molecule has 1 N–H and O–H groups in total. The summed E-state index contributed by atoms with van der Waals surface area (Å²) < 4.78 is 5.63. The number of hydrogen-bond acceptors (Lipinski definition) is 6. The van der Waals surface area contributed by atoms with E-state index >= 15 is 0 Å². The normalized spacial score (nSPS) is 11.2. The van der Waals surface area contributed by atoms with Gasteiger partial charge in [-0.2, -0.15) is 0 Å². The number of nitrogens with one attached hydrogen (secondary N) is 1. The molecule has 3 rings (SSSR count). The van der Waals surface area contributed by atoms with E-state index in [4.69, 9.17) is 16.0 Å². The van der Waals surface area contributed by atoms with Crippen molar-refractivity contribution in [3.8, 4) is 11.5 Å². The predicted molar refractivity (Wildman–Crippen MR) is 93.3 cm³/mol. The highest BCUT2D eigenvalue weighted by molar-refractivity contribution is 7.98. The molecule has 2 heterocycles. The zero-order chi connectivity index (χ0) is 17.1. The fourth-order valence-corrected chi connectivity index (χ4v) is 2.81. The molecule has 0 radical (unpaired) electrons. The van der Waals surface area contributed by atoms with Gasteiger partial charge in [0.15, 0.2) is 5.16 Å². The molecule has 8 heteroatoms. The van der Waals surface area contributed by atoms with Crippen molar-refractivity contribution in [3.05, 3.63) is 57.3 Å². The highest BCUT2D eigenvalue weighted by Gasteiger charge is 2.11. The van der Waals surface area contributed by atoms with Crippen LogP contribution in [-0.4, -0.2) is 20.2 Å². The third-order valence-corrected chi connectivity index (χ3v) is 4.33. The third kappa shape index (κ3) is 4.04. The summed E-state index contributed by atoms with van der Waals surface area (Å²) in [6.07, 6.45) is 0. The first-order valence-corrected chi connectivity index (χ1v) is 8.70. The lowest BCUT2D eigenvalue weighted by Crippen LogP contribution is -2.10. The number of H-pyrrole nitrogens is 1. The topological polar surface area (TPSA) is 84.7 Å². The summed E-state index contributed by atoms with van der Waals surface area (Å²) in [6.45, 7) is 3.99. The fourth-order valence-electron chi connectivity index (χ4n) is 1.97. The molecule has 124 valence electrons. The van der Waals surface area contributed by atoms with Crippen LogP contribution in [0.3, 0.4) is 0 Å². The third-order valence-electron chi connectivity index (χ3n) is 3.22. The average Bonchev–Trinajstić information content (AvgIpc) is 3.02. The van der Waals surface area contributed by atoms with Gasteiger partial charge >= 0.3 is 0 Å². The number of benzene rings is 1. The summed E-state index contributed by atoms with van der Waals surface area (Å²) >= 11 is 7.21. The van der Waals surface area contributed by atoms with E-state index in [-0.39, 0.29) is 11.5 Å². The standard InChI is InChI=1S/C16H15ClN4O2S/c1-9(2)12-7-13(22)19-16(18-12)24-8-14-20-21-15(23-14)10-3-5-11(17)6-4-10/h3-7,9H,8H2,1-2H3,(H,18,19,22). The van der Waals surface area contributed by atoms with Crippen molar-refractivity contribution >= 4 is 23.4 Å². The molecule has 0 fully saturated rings. The Morgan fingerprint density at radius 1 is 1.25 bits per heavy atom. The van der Waals surface area contributed by atoms with Crippen LogP contribution in [0.2, 0.25) is 5.02 Å². The van der Waals surface area contributed by atoms with E-state index in [1.165, 1.54) is 17.8 Å². The number of halogens is 1. The number of hydrogen-bond donors (Lipinski definition) is 1. The van der Waals surface area contributed by atoms with Gasteiger partial charge in [0, 0.05) is 16.7 Å². The quantitative estimate of drug-likeness (QED) is 0.547. The maximum absolute atomic E-state index is 11.7. The van der Waals surface area contributed by atoms with Gasteiger partial charge in [-0.25, -0.2) is 4.98 Å². The molecule has 0 atom stereocenters. The summed E-state index contributed by atoms with van der Waals surface area (Å²) in [4.78, 5) is 18.8. The molecule has 3 aromatic rings. The molecular formula is C16H15ClN4O2S. The van der Waals surface area contributed by atoms with E-state index in [0.717, 1.165) is 11.3 Å². The monoisotopic (exact) mass is 362 g/mol. The molecule has 0 aliphatic rings. The first-order valence-electron chi connectivity index (χ1n) is 7.33. The molecule has 0 aliphatic carbocycles. The van der Waals surface area contributed by atoms with Crippen LogP contribution in [0.1, 0.15) is 31.4 Å². The zero-order valence-corrected chi connectivity index (χ0v) is 14.7. The summed E-state index contributed by atoms with van der Waals surface area (Å²) in [5.41, 5.74) is 1.40. The molecule has 0 bridgehead atoms. The maximum Gasteiger partial charge on any atom is 0.251 e. The smallest absolute Gasteiger partial charge is 0.251 e. The molecule has 1 aromatic carbocycles. The van der Waals surface area contributed by atoms with E-state index in [1.807, 2.05) is 26.0 Å². The van der Waals surface area contributed by atoms with Crippen molar-refractivity contribution in [2.45, 2.75) is 30.7 Å². The fraction of sp³-hybridized carbons (Fsp3) is 0.250. The number of nitrogens with zero attached hydrogens (tertiary/aromatic N) is 3. The summed E-state index contributed by atoms with van der Waals surface area (Å²) in [6, 6.07) is 8.68. The minimum atomic E-state index is -0.163. The van der Waals surface area contributed by atoms with Crippen molar-refractivity contribution in [1.29, 1.82) is 0 Å². The Morgan fingerprint density at radius 2 is 2.00 bits per heavy atom. The molecular weight excluding hydrogens is 348 g/mol. The molecule has 0 saturated heterocycles. The number of rotatable bonds is 5. The van der Waals surface area contributed by atoms with Crippen molar-refractivity contribution in [3.63, 3.8) is 0 Å². The van der Waals surface area contributed by atoms with Gasteiger partial charge in [0.25, 0.3) is 5.56 Å². The van der Waals surface area contributed by atoms with Gasteiger partial charge in [-0.1, -0.05) is 37.2 Å². The second-order valence-corrected chi connectivity index (χ2v) is 6.83. The lowest BCUT2D eigenvalue weighted by Gasteiger charge is -2.05. The van der Waals surface area contributed by atoms with Gasteiger partial charge in [0.05, 0.1) is 11.4 Å². The Labute approximate surface area is 147 Å². The molecule has 2 aromatic heterocycles. The second kappa shape index (κ2) is 7.19. The van der Waals surface area contributed by atoms with Crippen LogP contribution in [-0.2, 0) is 5.75 Å². The molecule has 0 saturated carbocycles. The zero-order valence-electron chi connectivity index (χ0n) is 13.1. The summed E-state index contributed by atoms with van der Waals surface area (Å²) in [5.74, 6) is 1.50. The Kier molecular flexibility index (Phi) is 5.01. The molecule has 0 aliphatic heterocycles. The van der Waals surface area contributed by atoms with E-state index < -0.39 is 0 Å². The van der Waals surface area contributed by atoms with Gasteiger partial charge < -0.3 is 9.40 Å². The van der Waals surface area contributed by atoms with Crippen LogP contribution >= 0.6 is 23.4 Å². The molecule has 0 amide bonds. The van der Waals surface area contributed by atoms with Crippen molar-refractivity contribution in [1.82, 2.24) is 20.2 Å². The van der Waals surface area contributed by atoms with Crippen molar-refractivity contribution in [2.75, 3.05) is 0 Å². The number of aromatic nitrogens is 4. The molecule has 6 nitrogen and oxygen atoms in total. The lowest BCUT2D eigenvalue weighted by molar-refractivity contribution is 0.528. The van der Waals surface area contributed by atoms with E-state index in [9.17, 15) is 4.79 Å². The van der Waals surface area contributed by atoms with Crippen LogP contribution in [0.4, 0.5) is 0 Å². The highest BCUT2D eigenvalue weighted by atomic mass is 35.5. The first-order chi connectivity index (χ1) is 11.5. The van der Waals surface area contributed by atoms with Crippen molar-refractivity contribution in [2.24, 2.45) is 0 Å². The Hall–Kier alpha value is -2.12. The second-order valence-electron chi connectivity index (χ2n) is 5.43. The van der Waals surface area contributed by atoms with Crippen LogP contribution in [0.5, 0.6) is 0 Å². The highest BCUT2D eigenvalue weighted by Crippen LogP contribution is 2.23. The van der Waals surface area contributed by atoms with Gasteiger partial charge in [0.2, 0.25) is 11.8 Å².